The first-order valence-electron chi connectivity index (χ1n) is 17.1. The third-order valence-corrected chi connectivity index (χ3v) is 12.5. The SMILES string of the molecule is CC(C)CCC[C@@H](C)[C@H]1CC[C@@H]2[C@@H]3CC=C4C[C@@H](OC(=O)COc5ccc6ccc(=O)oc6c5)CC[C@]4(C)[C@H]3CC[C@@]21C. The van der Waals surface area contributed by atoms with E-state index in [9.17, 15) is 9.59 Å². The van der Waals surface area contributed by atoms with E-state index in [1.165, 1.54) is 63.0 Å². The van der Waals surface area contributed by atoms with E-state index in [1.807, 2.05) is 6.07 Å². The Bertz CT molecular complexity index is 1400. The predicted molar refractivity (Wildman–Crippen MR) is 171 cm³/mol. The van der Waals surface area contributed by atoms with Gasteiger partial charge in [0.05, 0.1) is 0 Å². The second-order valence-electron chi connectivity index (χ2n) is 15.4. The van der Waals surface area contributed by atoms with Gasteiger partial charge in [-0.3, -0.25) is 0 Å². The molecule has 0 bridgehead atoms. The molecule has 4 aliphatic carbocycles. The fourth-order valence-electron chi connectivity index (χ4n) is 10.2. The van der Waals surface area contributed by atoms with Crippen LogP contribution in [0.25, 0.3) is 11.0 Å². The molecule has 8 atom stereocenters. The molecule has 0 radical (unpaired) electrons. The molecular weight excluding hydrogens is 536 g/mol. The number of hydrogen-bond donors (Lipinski definition) is 0. The lowest BCUT2D eigenvalue weighted by molar-refractivity contribution is -0.153. The number of benzene rings is 1. The summed E-state index contributed by atoms with van der Waals surface area (Å²) in [7, 11) is 0. The molecule has 0 aliphatic heterocycles. The third kappa shape index (κ3) is 5.94. The number of fused-ring (bicyclic) bond motifs is 6. The van der Waals surface area contributed by atoms with Crippen LogP contribution in [0.1, 0.15) is 105 Å². The Kier molecular flexibility index (Phi) is 8.56. The van der Waals surface area contributed by atoms with Crippen LogP contribution in [0.15, 0.2) is 51.2 Å². The van der Waals surface area contributed by atoms with Crippen LogP contribution in [-0.2, 0) is 9.53 Å². The highest BCUT2D eigenvalue weighted by Gasteiger charge is 2.59. The minimum atomic E-state index is -0.409. The molecule has 0 spiro atoms. The molecule has 0 N–H and O–H groups in total. The Morgan fingerprint density at radius 1 is 1.00 bits per heavy atom. The van der Waals surface area contributed by atoms with E-state index in [4.69, 9.17) is 13.9 Å². The van der Waals surface area contributed by atoms with Crippen molar-refractivity contribution in [3.8, 4) is 5.75 Å². The van der Waals surface area contributed by atoms with E-state index in [0.717, 1.165) is 60.2 Å². The summed E-state index contributed by atoms with van der Waals surface area (Å²) >= 11 is 0. The fourth-order valence-corrected chi connectivity index (χ4v) is 10.2. The number of carbonyl (C=O) groups is 1. The standard InChI is InChI=1S/C38H52O5/c1-24(2)7-6-8-25(3)31-14-15-32-30-13-11-27-21-29(17-19-37(27,4)33(30)18-20-38(31,32)5)42-36(40)23-41-28-12-9-26-10-16-35(39)43-34(26)22-28/h9-12,16,22,24-25,29-33H,6-8,13-15,17-21,23H2,1-5H3/t25-,29+,30+,31-,32-,33+,37+,38-/m1/s1. The lowest BCUT2D eigenvalue weighted by atomic mass is 9.47. The van der Waals surface area contributed by atoms with Crippen molar-refractivity contribution < 1.29 is 18.7 Å². The molecule has 0 unspecified atom stereocenters. The molecule has 6 rings (SSSR count). The van der Waals surface area contributed by atoms with Crippen molar-refractivity contribution in [2.75, 3.05) is 6.61 Å². The summed E-state index contributed by atoms with van der Waals surface area (Å²) in [4.78, 5) is 24.3. The molecule has 5 heteroatoms. The van der Waals surface area contributed by atoms with Crippen LogP contribution in [-0.4, -0.2) is 18.7 Å². The summed E-state index contributed by atoms with van der Waals surface area (Å²) in [5.74, 6) is 5.10. The van der Waals surface area contributed by atoms with Crippen molar-refractivity contribution in [1.29, 1.82) is 0 Å². The highest BCUT2D eigenvalue weighted by molar-refractivity contribution is 5.78. The molecule has 234 valence electrons. The van der Waals surface area contributed by atoms with Crippen molar-refractivity contribution >= 4 is 16.9 Å². The molecule has 2 aromatic rings. The van der Waals surface area contributed by atoms with Gasteiger partial charge in [-0.05, 0) is 109 Å². The Balaban J connectivity index is 1.05. The van der Waals surface area contributed by atoms with Gasteiger partial charge in [0.1, 0.15) is 17.4 Å². The van der Waals surface area contributed by atoms with Crippen molar-refractivity contribution in [1.82, 2.24) is 0 Å². The minimum absolute atomic E-state index is 0.0852. The van der Waals surface area contributed by atoms with E-state index in [1.54, 1.807) is 18.2 Å². The van der Waals surface area contributed by atoms with Crippen LogP contribution in [0.4, 0.5) is 0 Å². The molecule has 3 saturated carbocycles. The summed E-state index contributed by atoms with van der Waals surface area (Å²) in [6.07, 6.45) is 16.3. The maximum Gasteiger partial charge on any atom is 0.344 e. The first-order valence-corrected chi connectivity index (χ1v) is 17.1. The van der Waals surface area contributed by atoms with Crippen LogP contribution in [0.3, 0.4) is 0 Å². The zero-order chi connectivity index (χ0) is 30.4. The first kappa shape index (κ1) is 30.5. The fraction of sp³-hybridized carbons (Fsp3) is 0.684. The number of allylic oxidation sites excluding steroid dienone is 1. The van der Waals surface area contributed by atoms with E-state index >= 15 is 0 Å². The van der Waals surface area contributed by atoms with Gasteiger partial charge < -0.3 is 13.9 Å². The highest BCUT2D eigenvalue weighted by Crippen LogP contribution is 2.67. The van der Waals surface area contributed by atoms with Crippen LogP contribution in [0, 0.1) is 46.3 Å². The average Bonchev–Trinajstić information content (AvgIpc) is 3.33. The predicted octanol–water partition coefficient (Wildman–Crippen LogP) is 9.13. The summed E-state index contributed by atoms with van der Waals surface area (Å²) in [5, 5.41) is 0.810. The van der Waals surface area contributed by atoms with Crippen molar-refractivity contribution in [3.05, 3.63) is 52.4 Å². The lowest BCUT2D eigenvalue weighted by Gasteiger charge is -2.58. The number of hydrogen-bond acceptors (Lipinski definition) is 5. The quantitative estimate of drug-likeness (QED) is 0.166. The van der Waals surface area contributed by atoms with Gasteiger partial charge in [-0.25, -0.2) is 9.59 Å². The molecular formula is C38H52O5. The number of esters is 1. The maximum atomic E-state index is 12.8. The van der Waals surface area contributed by atoms with Crippen molar-refractivity contribution in [3.63, 3.8) is 0 Å². The Hall–Kier alpha value is -2.56. The van der Waals surface area contributed by atoms with Crippen LogP contribution in [0.2, 0.25) is 0 Å². The van der Waals surface area contributed by atoms with Gasteiger partial charge in [0.2, 0.25) is 0 Å². The molecule has 1 aromatic heterocycles. The number of carbonyl (C=O) groups excluding carboxylic acids is 1. The summed E-state index contributed by atoms with van der Waals surface area (Å²) in [6, 6.07) is 8.35. The van der Waals surface area contributed by atoms with Gasteiger partial charge >= 0.3 is 11.6 Å². The Morgan fingerprint density at radius 2 is 1.81 bits per heavy atom. The van der Waals surface area contributed by atoms with Crippen molar-refractivity contribution in [2.24, 2.45) is 46.3 Å². The zero-order valence-electron chi connectivity index (χ0n) is 27.0. The van der Waals surface area contributed by atoms with E-state index in [2.05, 4.69) is 40.7 Å². The summed E-state index contributed by atoms with van der Waals surface area (Å²) in [5.41, 5.74) is 2.31. The van der Waals surface area contributed by atoms with E-state index in [0.29, 0.717) is 16.7 Å². The van der Waals surface area contributed by atoms with Gasteiger partial charge in [-0.1, -0.05) is 65.5 Å². The second-order valence-corrected chi connectivity index (χ2v) is 15.4. The smallest absolute Gasteiger partial charge is 0.344 e. The van der Waals surface area contributed by atoms with Crippen molar-refractivity contribution in [2.45, 2.75) is 111 Å². The topological polar surface area (TPSA) is 65.7 Å². The third-order valence-electron chi connectivity index (χ3n) is 12.5. The van der Waals surface area contributed by atoms with E-state index < -0.39 is 5.63 Å². The summed E-state index contributed by atoms with van der Waals surface area (Å²) in [6.45, 7) is 12.3. The molecule has 0 amide bonds. The first-order chi connectivity index (χ1) is 20.6. The molecule has 4 aliphatic rings. The average molecular weight is 589 g/mol. The largest absolute Gasteiger partial charge is 0.482 e. The van der Waals surface area contributed by atoms with Gasteiger partial charge in [-0.2, -0.15) is 0 Å². The summed E-state index contributed by atoms with van der Waals surface area (Å²) < 4.78 is 16.9. The molecule has 3 fully saturated rings. The molecule has 1 aromatic carbocycles. The van der Waals surface area contributed by atoms with Gasteiger partial charge in [0.15, 0.2) is 6.61 Å². The lowest BCUT2D eigenvalue weighted by Crippen LogP contribution is -2.51. The van der Waals surface area contributed by atoms with Crippen LogP contribution >= 0.6 is 0 Å². The van der Waals surface area contributed by atoms with Gasteiger partial charge in [0, 0.05) is 23.9 Å². The minimum Gasteiger partial charge on any atom is -0.482 e. The normalized spacial score (nSPS) is 34.2. The molecule has 1 heterocycles. The molecule has 0 saturated heterocycles. The van der Waals surface area contributed by atoms with Crippen LogP contribution in [0.5, 0.6) is 5.75 Å². The maximum absolute atomic E-state index is 12.8. The Labute approximate surface area is 257 Å². The zero-order valence-corrected chi connectivity index (χ0v) is 27.0. The van der Waals surface area contributed by atoms with Gasteiger partial charge in [-0.15, -0.1) is 0 Å². The highest BCUT2D eigenvalue weighted by atomic mass is 16.6. The van der Waals surface area contributed by atoms with Gasteiger partial charge in [0.25, 0.3) is 0 Å². The van der Waals surface area contributed by atoms with E-state index in [-0.39, 0.29) is 24.1 Å². The number of rotatable bonds is 9. The molecule has 5 nitrogen and oxygen atoms in total. The monoisotopic (exact) mass is 588 g/mol. The van der Waals surface area contributed by atoms with Crippen LogP contribution < -0.4 is 10.4 Å². The number of ether oxygens (including phenoxy) is 2. The molecule has 43 heavy (non-hydrogen) atoms. The Morgan fingerprint density at radius 3 is 2.63 bits per heavy atom. The second kappa shape index (κ2) is 12.1.